The third kappa shape index (κ3) is 3.55. The predicted molar refractivity (Wildman–Crippen MR) is 114 cm³/mol. The lowest BCUT2D eigenvalue weighted by molar-refractivity contribution is -0.136. The zero-order valence-corrected chi connectivity index (χ0v) is 17.8. The van der Waals surface area contributed by atoms with Crippen LogP contribution < -0.4 is 0 Å². The number of pyridine rings is 1. The third-order valence-electron chi connectivity index (χ3n) is 5.06. The lowest BCUT2D eigenvalue weighted by Gasteiger charge is -2.13. The lowest BCUT2D eigenvalue weighted by atomic mass is 10.0. The molecule has 4 aromatic rings. The van der Waals surface area contributed by atoms with Crippen molar-refractivity contribution in [2.45, 2.75) is 26.9 Å². The molecule has 0 unspecified atom stereocenters. The number of hydrogen-bond acceptors (Lipinski definition) is 2. The van der Waals surface area contributed by atoms with E-state index in [1.807, 2.05) is 32.0 Å². The van der Waals surface area contributed by atoms with Crippen LogP contribution in [0.4, 0.5) is 13.2 Å². The Morgan fingerprint density at radius 1 is 0.900 bits per heavy atom. The van der Waals surface area contributed by atoms with Crippen LogP contribution in [0.5, 0.6) is 0 Å². The SMILES string of the molecule is Cc1ccc(-n2nc(C)c3c(C(F)(F)F)cc(-c4ccc(Cl)cc4Cl)nc32)cc1C. The highest BCUT2D eigenvalue weighted by Crippen LogP contribution is 2.40. The zero-order valence-electron chi connectivity index (χ0n) is 16.3. The molecule has 0 spiro atoms. The van der Waals surface area contributed by atoms with Crippen molar-refractivity contribution >= 4 is 34.2 Å². The highest BCUT2D eigenvalue weighted by Gasteiger charge is 2.36. The van der Waals surface area contributed by atoms with Crippen LogP contribution in [-0.2, 0) is 6.18 Å². The number of benzene rings is 2. The van der Waals surface area contributed by atoms with E-state index in [0.717, 1.165) is 17.2 Å². The van der Waals surface area contributed by atoms with Gasteiger partial charge in [0.1, 0.15) is 0 Å². The largest absolute Gasteiger partial charge is 0.417 e. The molecule has 0 amide bonds. The van der Waals surface area contributed by atoms with Gasteiger partial charge in [-0.3, -0.25) is 0 Å². The van der Waals surface area contributed by atoms with Gasteiger partial charge in [-0.15, -0.1) is 0 Å². The van der Waals surface area contributed by atoms with Crippen LogP contribution >= 0.6 is 23.2 Å². The summed E-state index contributed by atoms with van der Waals surface area (Å²) in [4.78, 5) is 4.53. The molecule has 0 aliphatic carbocycles. The molecule has 2 aromatic heterocycles. The van der Waals surface area contributed by atoms with E-state index >= 15 is 0 Å². The van der Waals surface area contributed by atoms with Crippen LogP contribution in [0.25, 0.3) is 28.0 Å². The van der Waals surface area contributed by atoms with Crippen molar-refractivity contribution in [1.29, 1.82) is 0 Å². The van der Waals surface area contributed by atoms with E-state index in [2.05, 4.69) is 10.1 Å². The number of fused-ring (bicyclic) bond motifs is 1. The summed E-state index contributed by atoms with van der Waals surface area (Å²) in [6, 6.07) is 11.2. The van der Waals surface area contributed by atoms with Gasteiger partial charge < -0.3 is 0 Å². The molecule has 0 radical (unpaired) electrons. The summed E-state index contributed by atoms with van der Waals surface area (Å²) in [6.07, 6.45) is -4.59. The van der Waals surface area contributed by atoms with Crippen LogP contribution in [0.15, 0.2) is 42.5 Å². The predicted octanol–water partition coefficient (Wildman–Crippen LogP) is 7.34. The van der Waals surface area contributed by atoms with E-state index in [4.69, 9.17) is 23.2 Å². The van der Waals surface area contributed by atoms with Gasteiger partial charge in [0.2, 0.25) is 0 Å². The first-order chi connectivity index (χ1) is 14.1. The van der Waals surface area contributed by atoms with Gasteiger partial charge in [0, 0.05) is 10.6 Å². The minimum absolute atomic E-state index is 0.0328. The Kier molecular flexibility index (Phi) is 5.03. The lowest BCUT2D eigenvalue weighted by Crippen LogP contribution is -2.08. The molecule has 2 aromatic carbocycles. The van der Waals surface area contributed by atoms with Crippen molar-refractivity contribution in [3.63, 3.8) is 0 Å². The molecule has 0 fully saturated rings. The highest BCUT2D eigenvalue weighted by atomic mass is 35.5. The second-order valence-corrected chi connectivity index (χ2v) is 7.99. The van der Waals surface area contributed by atoms with E-state index in [1.54, 1.807) is 19.1 Å². The molecule has 2 heterocycles. The molecule has 0 aliphatic rings. The minimum atomic E-state index is -4.59. The molecule has 0 aliphatic heterocycles. The summed E-state index contributed by atoms with van der Waals surface area (Å²) in [6.45, 7) is 5.45. The molecule has 0 atom stereocenters. The fourth-order valence-corrected chi connectivity index (χ4v) is 3.89. The number of rotatable bonds is 2. The fraction of sp³-hybridized carbons (Fsp3) is 0.182. The number of aromatic nitrogens is 3. The number of halogens is 5. The van der Waals surface area contributed by atoms with Gasteiger partial charge in [0.05, 0.1) is 33.0 Å². The summed E-state index contributed by atoms with van der Waals surface area (Å²) in [5, 5.41) is 4.95. The molecule has 3 nitrogen and oxygen atoms in total. The molecule has 30 heavy (non-hydrogen) atoms. The summed E-state index contributed by atoms with van der Waals surface area (Å²) in [5.41, 5.74) is 2.73. The Bertz CT molecular complexity index is 1290. The monoisotopic (exact) mass is 449 g/mol. The first-order valence-corrected chi connectivity index (χ1v) is 9.82. The average molecular weight is 450 g/mol. The molecule has 8 heteroatoms. The van der Waals surface area contributed by atoms with Crippen LogP contribution in [0.2, 0.25) is 10.0 Å². The van der Waals surface area contributed by atoms with Gasteiger partial charge in [0.15, 0.2) is 5.65 Å². The number of nitrogens with zero attached hydrogens (tertiary/aromatic N) is 3. The Morgan fingerprint density at radius 3 is 2.27 bits per heavy atom. The topological polar surface area (TPSA) is 30.7 Å². The van der Waals surface area contributed by atoms with Crippen LogP contribution in [0.3, 0.4) is 0 Å². The van der Waals surface area contributed by atoms with Gasteiger partial charge in [-0.05, 0) is 68.3 Å². The molecule has 0 bridgehead atoms. The maximum Gasteiger partial charge on any atom is 0.417 e. The van der Waals surface area contributed by atoms with Crippen LogP contribution in [0.1, 0.15) is 22.4 Å². The zero-order chi connectivity index (χ0) is 21.8. The van der Waals surface area contributed by atoms with E-state index in [9.17, 15) is 13.2 Å². The Hall–Kier alpha value is -2.57. The van der Waals surface area contributed by atoms with Crippen molar-refractivity contribution < 1.29 is 13.2 Å². The number of alkyl halides is 3. The van der Waals surface area contributed by atoms with Crippen molar-refractivity contribution in [1.82, 2.24) is 14.8 Å². The molecule has 0 saturated heterocycles. The molecular weight excluding hydrogens is 434 g/mol. The minimum Gasteiger partial charge on any atom is -0.228 e. The number of hydrogen-bond donors (Lipinski definition) is 0. The van der Waals surface area contributed by atoms with Crippen LogP contribution in [0, 0.1) is 20.8 Å². The van der Waals surface area contributed by atoms with Gasteiger partial charge in [-0.25, -0.2) is 9.67 Å². The summed E-state index contributed by atoms with van der Waals surface area (Å²) < 4.78 is 43.3. The average Bonchev–Trinajstić information content (AvgIpc) is 2.99. The van der Waals surface area contributed by atoms with Crippen molar-refractivity contribution in [2.75, 3.05) is 0 Å². The first-order valence-electron chi connectivity index (χ1n) is 9.07. The Balaban J connectivity index is 2.07. The second kappa shape index (κ2) is 7.29. The Morgan fingerprint density at radius 2 is 1.63 bits per heavy atom. The summed E-state index contributed by atoms with van der Waals surface area (Å²) >= 11 is 12.2. The maximum atomic E-state index is 14.0. The van der Waals surface area contributed by atoms with Crippen molar-refractivity contribution in [2.24, 2.45) is 0 Å². The van der Waals surface area contributed by atoms with E-state index in [-0.39, 0.29) is 27.4 Å². The maximum absolute atomic E-state index is 14.0. The quantitative estimate of drug-likeness (QED) is 0.320. The van der Waals surface area contributed by atoms with Gasteiger partial charge in [-0.2, -0.15) is 18.3 Å². The fourth-order valence-electron chi connectivity index (χ4n) is 3.39. The summed E-state index contributed by atoms with van der Waals surface area (Å²) in [7, 11) is 0. The molecule has 154 valence electrons. The summed E-state index contributed by atoms with van der Waals surface area (Å²) in [5.74, 6) is 0. The highest BCUT2D eigenvalue weighted by molar-refractivity contribution is 6.36. The van der Waals surface area contributed by atoms with Crippen molar-refractivity contribution in [3.05, 3.63) is 74.9 Å². The molecule has 4 rings (SSSR count). The van der Waals surface area contributed by atoms with E-state index in [1.165, 1.54) is 10.7 Å². The van der Waals surface area contributed by atoms with E-state index < -0.39 is 11.7 Å². The smallest absolute Gasteiger partial charge is 0.228 e. The Labute approximate surface area is 181 Å². The van der Waals surface area contributed by atoms with Gasteiger partial charge >= 0.3 is 6.18 Å². The molecule has 0 N–H and O–H groups in total. The third-order valence-corrected chi connectivity index (χ3v) is 5.61. The van der Waals surface area contributed by atoms with E-state index in [0.29, 0.717) is 16.3 Å². The number of aryl methyl sites for hydroxylation is 3. The van der Waals surface area contributed by atoms with Gasteiger partial charge in [-0.1, -0.05) is 29.3 Å². The molecule has 0 saturated carbocycles. The standard InChI is InChI=1S/C22H16Cl2F3N3/c1-11-4-6-15(8-12(11)2)30-21-20(13(3)29-30)17(22(25,26)27)10-19(28-21)16-7-5-14(23)9-18(16)24/h4-10H,1-3H3. The normalized spacial score (nSPS) is 12.0. The van der Waals surface area contributed by atoms with Crippen molar-refractivity contribution in [3.8, 4) is 16.9 Å². The molecular formula is C22H16Cl2F3N3. The van der Waals surface area contributed by atoms with Crippen LogP contribution in [-0.4, -0.2) is 14.8 Å². The first kappa shape index (κ1) is 20.7. The van der Waals surface area contributed by atoms with Gasteiger partial charge in [0.25, 0.3) is 0 Å². The second-order valence-electron chi connectivity index (χ2n) is 7.14.